The number of unbranched alkanes of at least 4 members (excludes halogenated alkanes) is 1. The molecular formula is C8H14O3. The highest BCUT2D eigenvalue weighted by atomic mass is 16.5. The van der Waals surface area contributed by atoms with E-state index >= 15 is 0 Å². The lowest BCUT2D eigenvalue weighted by Gasteiger charge is -2.01. The molecule has 0 fully saturated rings. The van der Waals surface area contributed by atoms with E-state index in [1.54, 1.807) is 0 Å². The number of carbonyl (C=O) groups excluding carboxylic acids is 1. The topological polar surface area (TPSA) is 46.5 Å². The third-order valence-corrected chi connectivity index (χ3v) is 1.25. The number of hydrogen-bond donors (Lipinski definition) is 1. The van der Waals surface area contributed by atoms with Crippen LogP contribution in [0.2, 0.25) is 0 Å². The van der Waals surface area contributed by atoms with Crippen molar-refractivity contribution in [3.8, 4) is 0 Å². The fourth-order valence-corrected chi connectivity index (χ4v) is 0.476. The van der Waals surface area contributed by atoms with Gasteiger partial charge in [-0.05, 0) is 13.3 Å². The molecule has 0 rings (SSSR count). The fourth-order valence-electron chi connectivity index (χ4n) is 0.476. The summed E-state index contributed by atoms with van der Waals surface area (Å²) in [6, 6.07) is 0. The van der Waals surface area contributed by atoms with Gasteiger partial charge in [0.25, 0.3) is 0 Å². The van der Waals surface area contributed by atoms with Gasteiger partial charge < -0.3 is 9.84 Å². The summed E-state index contributed by atoms with van der Waals surface area (Å²) in [6.07, 6.45) is 2.62. The molecule has 3 nitrogen and oxygen atoms in total. The highest BCUT2D eigenvalue weighted by Crippen LogP contribution is 1.96. The van der Waals surface area contributed by atoms with Crippen LogP contribution < -0.4 is 0 Å². The normalized spacial score (nSPS) is 11.3. The average molecular weight is 158 g/mol. The van der Waals surface area contributed by atoms with E-state index in [4.69, 9.17) is 9.84 Å². The average Bonchev–Trinajstić information content (AvgIpc) is 2.03. The summed E-state index contributed by atoms with van der Waals surface area (Å²) < 4.78 is 4.77. The van der Waals surface area contributed by atoms with Crippen LogP contribution in [0.25, 0.3) is 0 Å². The minimum atomic E-state index is -0.444. The molecule has 0 aliphatic carbocycles. The quantitative estimate of drug-likeness (QED) is 0.293. The van der Waals surface area contributed by atoms with Gasteiger partial charge >= 0.3 is 5.97 Å². The van der Waals surface area contributed by atoms with Gasteiger partial charge in [0.15, 0.2) is 0 Å². The van der Waals surface area contributed by atoms with Crippen molar-refractivity contribution in [2.45, 2.75) is 26.7 Å². The van der Waals surface area contributed by atoms with Gasteiger partial charge in [0, 0.05) is 0 Å². The Kier molecular flexibility index (Phi) is 5.25. The van der Waals surface area contributed by atoms with E-state index in [1.165, 1.54) is 6.92 Å². The van der Waals surface area contributed by atoms with Gasteiger partial charge in [0.1, 0.15) is 0 Å². The van der Waals surface area contributed by atoms with E-state index < -0.39 is 5.97 Å². The Labute approximate surface area is 66.7 Å². The Morgan fingerprint density at radius 1 is 1.64 bits per heavy atom. The number of ether oxygens (including phenoxy) is 1. The molecule has 0 heterocycles. The van der Waals surface area contributed by atoms with E-state index in [0.717, 1.165) is 19.1 Å². The zero-order chi connectivity index (χ0) is 8.69. The SMILES string of the molecule is CCCCOC(=O)C(C)=CO. The van der Waals surface area contributed by atoms with Crippen LogP contribution in [0.1, 0.15) is 26.7 Å². The molecule has 0 bridgehead atoms. The monoisotopic (exact) mass is 158 g/mol. The van der Waals surface area contributed by atoms with Gasteiger partial charge in [-0.2, -0.15) is 0 Å². The maximum Gasteiger partial charge on any atom is 0.336 e. The second-order valence-corrected chi connectivity index (χ2v) is 2.30. The van der Waals surface area contributed by atoms with Crippen LogP contribution in [0.4, 0.5) is 0 Å². The number of hydrogen-bond acceptors (Lipinski definition) is 3. The van der Waals surface area contributed by atoms with Crippen LogP contribution in [0.15, 0.2) is 11.8 Å². The standard InChI is InChI=1S/C8H14O3/c1-3-4-5-11-8(10)7(2)6-9/h6,9H,3-5H2,1-2H3. The Morgan fingerprint density at radius 2 is 2.27 bits per heavy atom. The largest absolute Gasteiger partial charge is 0.515 e. The number of aliphatic hydroxyl groups excluding tert-OH is 1. The molecule has 0 aromatic rings. The van der Waals surface area contributed by atoms with E-state index in [0.29, 0.717) is 6.61 Å². The molecule has 0 saturated heterocycles. The molecule has 0 aliphatic rings. The molecule has 0 aromatic heterocycles. The van der Waals surface area contributed by atoms with E-state index in [9.17, 15) is 4.79 Å². The molecule has 0 amide bonds. The minimum Gasteiger partial charge on any atom is -0.515 e. The van der Waals surface area contributed by atoms with Crippen LogP contribution in [0.3, 0.4) is 0 Å². The minimum absolute atomic E-state index is 0.237. The first kappa shape index (κ1) is 10.0. The van der Waals surface area contributed by atoms with Crippen molar-refractivity contribution in [2.24, 2.45) is 0 Å². The lowest BCUT2D eigenvalue weighted by molar-refractivity contribution is -0.139. The number of esters is 1. The van der Waals surface area contributed by atoms with Crippen molar-refractivity contribution in [2.75, 3.05) is 6.61 Å². The van der Waals surface area contributed by atoms with Crippen molar-refractivity contribution < 1.29 is 14.6 Å². The van der Waals surface area contributed by atoms with Gasteiger partial charge in [0.05, 0.1) is 18.4 Å². The molecule has 1 N–H and O–H groups in total. The predicted octanol–water partition coefficient (Wildman–Crippen LogP) is 1.79. The molecule has 0 radical (unpaired) electrons. The molecule has 0 saturated carbocycles. The van der Waals surface area contributed by atoms with Crippen molar-refractivity contribution in [3.63, 3.8) is 0 Å². The third kappa shape index (κ3) is 4.42. The van der Waals surface area contributed by atoms with E-state index in [-0.39, 0.29) is 5.57 Å². The zero-order valence-electron chi connectivity index (χ0n) is 6.96. The second kappa shape index (κ2) is 5.77. The highest BCUT2D eigenvalue weighted by molar-refractivity contribution is 5.87. The summed E-state index contributed by atoms with van der Waals surface area (Å²) in [7, 11) is 0. The lowest BCUT2D eigenvalue weighted by Crippen LogP contribution is -2.06. The molecule has 0 unspecified atom stereocenters. The summed E-state index contributed by atoms with van der Waals surface area (Å²) in [5.74, 6) is -0.444. The van der Waals surface area contributed by atoms with Crippen molar-refractivity contribution in [1.29, 1.82) is 0 Å². The summed E-state index contributed by atoms with van der Waals surface area (Å²) >= 11 is 0. The third-order valence-electron chi connectivity index (χ3n) is 1.25. The van der Waals surface area contributed by atoms with Crippen molar-refractivity contribution in [3.05, 3.63) is 11.8 Å². The maximum absolute atomic E-state index is 10.8. The number of carbonyl (C=O) groups is 1. The van der Waals surface area contributed by atoms with E-state index in [1.807, 2.05) is 6.92 Å². The van der Waals surface area contributed by atoms with Gasteiger partial charge in [-0.1, -0.05) is 13.3 Å². The molecule has 0 spiro atoms. The van der Waals surface area contributed by atoms with Crippen LogP contribution >= 0.6 is 0 Å². The van der Waals surface area contributed by atoms with Crippen LogP contribution in [0.5, 0.6) is 0 Å². The summed E-state index contributed by atoms with van der Waals surface area (Å²) in [6.45, 7) is 3.96. The molecule has 0 aromatic carbocycles. The first-order valence-electron chi connectivity index (χ1n) is 3.70. The molecule has 0 aliphatic heterocycles. The Hall–Kier alpha value is -0.990. The number of rotatable bonds is 4. The predicted molar refractivity (Wildman–Crippen MR) is 42.3 cm³/mol. The first-order valence-corrected chi connectivity index (χ1v) is 3.70. The molecule has 11 heavy (non-hydrogen) atoms. The van der Waals surface area contributed by atoms with Crippen molar-refractivity contribution >= 4 is 5.97 Å². The van der Waals surface area contributed by atoms with E-state index in [2.05, 4.69) is 0 Å². The highest BCUT2D eigenvalue weighted by Gasteiger charge is 2.03. The summed E-state index contributed by atoms with van der Waals surface area (Å²) in [5, 5.41) is 8.40. The van der Waals surface area contributed by atoms with Gasteiger partial charge in [-0.25, -0.2) is 4.79 Å². The Balaban J connectivity index is 3.53. The van der Waals surface area contributed by atoms with Gasteiger partial charge in [-0.15, -0.1) is 0 Å². The fraction of sp³-hybridized carbons (Fsp3) is 0.625. The van der Waals surface area contributed by atoms with Gasteiger partial charge in [0.2, 0.25) is 0 Å². The summed E-state index contributed by atoms with van der Waals surface area (Å²) in [4.78, 5) is 10.8. The lowest BCUT2D eigenvalue weighted by atomic mass is 10.3. The molecule has 0 atom stereocenters. The smallest absolute Gasteiger partial charge is 0.336 e. The molecule has 3 heteroatoms. The van der Waals surface area contributed by atoms with Gasteiger partial charge in [-0.3, -0.25) is 0 Å². The van der Waals surface area contributed by atoms with Crippen molar-refractivity contribution in [1.82, 2.24) is 0 Å². The van der Waals surface area contributed by atoms with Crippen LogP contribution in [0, 0.1) is 0 Å². The summed E-state index contributed by atoms with van der Waals surface area (Å²) in [5.41, 5.74) is 0.237. The van der Waals surface area contributed by atoms with Crippen LogP contribution in [-0.2, 0) is 9.53 Å². The zero-order valence-corrected chi connectivity index (χ0v) is 6.96. The molecule has 64 valence electrons. The second-order valence-electron chi connectivity index (χ2n) is 2.30. The Bertz CT molecular complexity index is 149. The van der Waals surface area contributed by atoms with Crippen LogP contribution in [-0.4, -0.2) is 17.7 Å². The maximum atomic E-state index is 10.8. The Morgan fingerprint density at radius 3 is 2.73 bits per heavy atom. The first-order chi connectivity index (χ1) is 5.22. The number of aliphatic hydroxyl groups is 1. The molecular weight excluding hydrogens is 144 g/mol.